The molecule has 2 aromatic rings. The Morgan fingerprint density at radius 2 is 1.85 bits per heavy atom. The molecule has 1 N–H and O–H groups in total. The van der Waals surface area contributed by atoms with Gasteiger partial charge in [0.15, 0.2) is 0 Å². The Bertz CT molecular complexity index is 800. The summed E-state index contributed by atoms with van der Waals surface area (Å²) in [5.74, 6) is 0.911. The van der Waals surface area contributed by atoms with E-state index in [9.17, 15) is 9.59 Å². The smallest absolute Gasteiger partial charge is 0.414 e. The van der Waals surface area contributed by atoms with Gasteiger partial charge in [0.2, 0.25) is 0 Å². The Kier molecular flexibility index (Phi) is 5.64. The Labute approximate surface area is 159 Å². The summed E-state index contributed by atoms with van der Waals surface area (Å²) in [6, 6.07) is 14.7. The molecule has 1 aliphatic rings. The Morgan fingerprint density at radius 1 is 1.19 bits per heavy atom. The molecule has 1 unspecified atom stereocenters. The van der Waals surface area contributed by atoms with Crippen LogP contribution in [0.3, 0.4) is 0 Å². The van der Waals surface area contributed by atoms with Crippen molar-refractivity contribution in [3.8, 4) is 5.75 Å². The minimum absolute atomic E-state index is 0.214. The number of carbonyl (C=O) groups is 2. The van der Waals surface area contributed by atoms with E-state index in [0.717, 1.165) is 5.69 Å². The molecule has 0 radical (unpaired) electrons. The zero-order valence-corrected chi connectivity index (χ0v) is 15.8. The standard InChI is InChI=1S/C21H24N2O4/c1-14(2)15-4-8-17(9-5-15)23-13-19(27-21(23)25)12-22-20(24)16-6-10-18(26-3)11-7-16/h4-11,14,19H,12-13H2,1-3H3,(H,22,24). The lowest BCUT2D eigenvalue weighted by molar-refractivity contribution is 0.0916. The Balaban J connectivity index is 1.56. The summed E-state index contributed by atoms with van der Waals surface area (Å²) < 4.78 is 10.5. The van der Waals surface area contributed by atoms with E-state index in [-0.39, 0.29) is 18.6 Å². The number of methoxy groups -OCH3 is 1. The average Bonchev–Trinajstić information content (AvgIpc) is 3.07. The maximum atomic E-state index is 12.2. The van der Waals surface area contributed by atoms with E-state index >= 15 is 0 Å². The van der Waals surface area contributed by atoms with Gasteiger partial charge in [-0.1, -0.05) is 26.0 Å². The van der Waals surface area contributed by atoms with Gasteiger partial charge < -0.3 is 14.8 Å². The summed E-state index contributed by atoms with van der Waals surface area (Å²) in [5.41, 5.74) is 2.55. The number of anilines is 1. The van der Waals surface area contributed by atoms with Crippen LogP contribution in [0.25, 0.3) is 0 Å². The molecule has 2 amide bonds. The van der Waals surface area contributed by atoms with Gasteiger partial charge in [-0.25, -0.2) is 4.79 Å². The summed E-state index contributed by atoms with van der Waals surface area (Å²) in [6.07, 6.45) is -0.777. The second kappa shape index (κ2) is 8.12. The van der Waals surface area contributed by atoms with Gasteiger partial charge in [-0.2, -0.15) is 0 Å². The fourth-order valence-corrected chi connectivity index (χ4v) is 2.93. The molecule has 1 atom stereocenters. The number of carbonyl (C=O) groups excluding carboxylic acids is 2. The van der Waals surface area contributed by atoms with Crippen LogP contribution in [0.15, 0.2) is 48.5 Å². The lowest BCUT2D eigenvalue weighted by Crippen LogP contribution is -2.34. The number of hydrogen-bond acceptors (Lipinski definition) is 4. The summed E-state index contributed by atoms with van der Waals surface area (Å²) in [5, 5.41) is 2.81. The fourth-order valence-electron chi connectivity index (χ4n) is 2.93. The summed E-state index contributed by atoms with van der Waals surface area (Å²) in [6.45, 7) is 4.92. The molecule has 3 rings (SSSR count). The number of nitrogens with one attached hydrogen (secondary N) is 1. The quantitative estimate of drug-likeness (QED) is 0.846. The second-order valence-electron chi connectivity index (χ2n) is 6.80. The van der Waals surface area contributed by atoms with Gasteiger partial charge in [-0.3, -0.25) is 9.69 Å². The molecule has 6 heteroatoms. The van der Waals surface area contributed by atoms with Crippen LogP contribution in [-0.2, 0) is 4.74 Å². The molecule has 0 saturated carbocycles. The Morgan fingerprint density at radius 3 is 2.44 bits per heavy atom. The van der Waals surface area contributed by atoms with Crippen molar-refractivity contribution in [2.75, 3.05) is 25.1 Å². The molecule has 6 nitrogen and oxygen atoms in total. The van der Waals surface area contributed by atoms with E-state index in [4.69, 9.17) is 9.47 Å². The van der Waals surface area contributed by atoms with Crippen molar-refractivity contribution in [3.63, 3.8) is 0 Å². The molecule has 0 bridgehead atoms. The molecule has 1 heterocycles. The minimum Gasteiger partial charge on any atom is -0.497 e. The normalized spacial score (nSPS) is 16.4. The highest BCUT2D eigenvalue weighted by Gasteiger charge is 2.32. The van der Waals surface area contributed by atoms with Gasteiger partial charge in [0.1, 0.15) is 11.9 Å². The monoisotopic (exact) mass is 368 g/mol. The van der Waals surface area contributed by atoms with Gasteiger partial charge in [0.25, 0.3) is 5.91 Å². The van der Waals surface area contributed by atoms with Crippen molar-refractivity contribution in [1.29, 1.82) is 0 Å². The van der Waals surface area contributed by atoms with E-state index < -0.39 is 6.09 Å². The first kappa shape index (κ1) is 18.8. The van der Waals surface area contributed by atoms with Gasteiger partial charge in [0.05, 0.1) is 20.2 Å². The highest BCUT2D eigenvalue weighted by atomic mass is 16.6. The number of ether oxygens (including phenoxy) is 2. The first-order chi connectivity index (χ1) is 13.0. The predicted molar refractivity (Wildman–Crippen MR) is 103 cm³/mol. The number of amides is 2. The van der Waals surface area contributed by atoms with E-state index in [1.807, 2.05) is 24.3 Å². The molecule has 27 heavy (non-hydrogen) atoms. The first-order valence-corrected chi connectivity index (χ1v) is 8.98. The van der Waals surface area contributed by atoms with E-state index in [0.29, 0.717) is 23.8 Å². The molecule has 1 fully saturated rings. The molecule has 2 aromatic carbocycles. The van der Waals surface area contributed by atoms with E-state index in [1.54, 1.807) is 36.3 Å². The molecule has 142 valence electrons. The van der Waals surface area contributed by atoms with Gasteiger partial charge in [-0.05, 0) is 47.9 Å². The van der Waals surface area contributed by atoms with Gasteiger partial charge in [-0.15, -0.1) is 0 Å². The fraction of sp³-hybridized carbons (Fsp3) is 0.333. The third-order valence-electron chi connectivity index (χ3n) is 4.59. The van der Waals surface area contributed by atoms with Gasteiger partial charge >= 0.3 is 6.09 Å². The topological polar surface area (TPSA) is 67.9 Å². The molecule has 1 aliphatic heterocycles. The van der Waals surface area contributed by atoms with Crippen LogP contribution in [0.5, 0.6) is 5.75 Å². The first-order valence-electron chi connectivity index (χ1n) is 8.98. The number of benzene rings is 2. The third kappa shape index (κ3) is 4.39. The van der Waals surface area contributed by atoms with Crippen molar-refractivity contribution in [2.24, 2.45) is 0 Å². The number of cyclic esters (lactones) is 1. The van der Waals surface area contributed by atoms with Crippen molar-refractivity contribution in [2.45, 2.75) is 25.9 Å². The Hall–Kier alpha value is -3.02. The van der Waals surface area contributed by atoms with Crippen molar-refractivity contribution < 1.29 is 19.1 Å². The second-order valence-corrected chi connectivity index (χ2v) is 6.80. The third-order valence-corrected chi connectivity index (χ3v) is 4.59. The van der Waals surface area contributed by atoms with Crippen LogP contribution in [0.4, 0.5) is 10.5 Å². The highest BCUT2D eigenvalue weighted by molar-refractivity contribution is 5.94. The molecule has 1 saturated heterocycles. The van der Waals surface area contributed by atoms with Crippen molar-refractivity contribution in [3.05, 3.63) is 59.7 Å². The predicted octanol–water partition coefficient (Wildman–Crippen LogP) is 3.57. The van der Waals surface area contributed by atoms with E-state index in [1.165, 1.54) is 5.56 Å². The largest absolute Gasteiger partial charge is 0.497 e. The maximum Gasteiger partial charge on any atom is 0.414 e. The number of hydrogen-bond donors (Lipinski definition) is 1. The number of rotatable bonds is 6. The van der Waals surface area contributed by atoms with Crippen molar-refractivity contribution >= 4 is 17.7 Å². The van der Waals surface area contributed by atoms with Crippen LogP contribution in [0.2, 0.25) is 0 Å². The molecular formula is C21H24N2O4. The lowest BCUT2D eigenvalue weighted by atomic mass is 10.0. The van der Waals surface area contributed by atoms with Gasteiger partial charge in [0, 0.05) is 11.3 Å². The van der Waals surface area contributed by atoms with Crippen LogP contribution >= 0.6 is 0 Å². The molecule has 0 aliphatic carbocycles. The highest BCUT2D eigenvalue weighted by Crippen LogP contribution is 2.24. The minimum atomic E-state index is -0.393. The van der Waals surface area contributed by atoms with Crippen molar-refractivity contribution in [1.82, 2.24) is 5.32 Å². The van der Waals surface area contributed by atoms with Crippen LogP contribution in [0, 0.1) is 0 Å². The number of nitrogens with zero attached hydrogens (tertiary/aromatic N) is 1. The van der Waals surface area contributed by atoms with Crippen LogP contribution < -0.4 is 15.0 Å². The lowest BCUT2D eigenvalue weighted by Gasteiger charge is -2.14. The molecule has 0 spiro atoms. The zero-order chi connectivity index (χ0) is 19.4. The average molecular weight is 368 g/mol. The van der Waals surface area contributed by atoms with Crippen LogP contribution in [-0.4, -0.2) is 38.3 Å². The summed E-state index contributed by atoms with van der Waals surface area (Å²) in [7, 11) is 1.58. The maximum absolute atomic E-state index is 12.2. The SMILES string of the molecule is COc1ccc(C(=O)NCC2CN(c3ccc(C(C)C)cc3)C(=O)O2)cc1. The molecular weight excluding hydrogens is 344 g/mol. The summed E-state index contributed by atoms with van der Waals surface area (Å²) in [4.78, 5) is 26.0. The van der Waals surface area contributed by atoms with E-state index in [2.05, 4.69) is 19.2 Å². The zero-order valence-electron chi connectivity index (χ0n) is 15.8. The van der Waals surface area contributed by atoms with Crippen LogP contribution in [0.1, 0.15) is 35.7 Å². The molecule has 0 aromatic heterocycles. The summed E-state index contributed by atoms with van der Waals surface area (Å²) >= 11 is 0.